The first-order chi connectivity index (χ1) is 9.63. The molecule has 1 fully saturated rings. The summed E-state index contributed by atoms with van der Waals surface area (Å²) in [5, 5.41) is 12.8. The maximum absolute atomic E-state index is 11.8. The van der Waals surface area contributed by atoms with E-state index in [1.54, 1.807) is 4.90 Å². The number of nitrogens with one attached hydrogen (secondary N) is 1. The molecule has 0 unspecified atom stereocenters. The molecule has 0 saturated carbocycles. The molecule has 1 N–H and O–H groups in total. The van der Waals surface area contributed by atoms with E-state index in [9.17, 15) is 4.79 Å². The SMILES string of the molecule is CCN(C)C(=O)CSc1nnc([C@H]2CCCNC2)n1C. The van der Waals surface area contributed by atoms with E-state index in [4.69, 9.17) is 0 Å². The van der Waals surface area contributed by atoms with E-state index in [1.807, 2.05) is 25.6 Å². The molecule has 20 heavy (non-hydrogen) atoms. The molecule has 0 aliphatic carbocycles. The second-order valence-electron chi connectivity index (χ2n) is 5.14. The molecule has 0 radical (unpaired) electrons. The predicted octanol–water partition coefficient (Wildman–Crippen LogP) is 0.852. The van der Waals surface area contributed by atoms with E-state index in [1.165, 1.54) is 18.2 Å². The van der Waals surface area contributed by atoms with Crippen molar-refractivity contribution >= 4 is 17.7 Å². The van der Waals surface area contributed by atoms with Crippen molar-refractivity contribution in [2.45, 2.75) is 30.8 Å². The van der Waals surface area contributed by atoms with Crippen molar-refractivity contribution in [3.8, 4) is 0 Å². The Balaban J connectivity index is 1.96. The number of carbonyl (C=O) groups excluding carboxylic acids is 1. The van der Waals surface area contributed by atoms with Crippen molar-refractivity contribution in [1.29, 1.82) is 0 Å². The number of rotatable bonds is 5. The summed E-state index contributed by atoms with van der Waals surface area (Å²) in [5.41, 5.74) is 0. The Morgan fingerprint density at radius 3 is 3.00 bits per heavy atom. The van der Waals surface area contributed by atoms with E-state index >= 15 is 0 Å². The maximum atomic E-state index is 11.8. The van der Waals surface area contributed by atoms with Crippen LogP contribution < -0.4 is 5.32 Å². The lowest BCUT2D eigenvalue weighted by Crippen LogP contribution is -2.30. The van der Waals surface area contributed by atoms with Gasteiger partial charge in [-0.3, -0.25) is 4.79 Å². The lowest BCUT2D eigenvalue weighted by molar-refractivity contribution is -0.126. The van der Waals surface area contributed by atoms with Crippen molar-refractivity contribution in [1.82, 2.24) is 25.0 Å². The lowest BCUT2D eigenvalue weighted by atomic mass is 9.99. The number of amides is 1. The number of piperidine rings is 1. The van der Waals surface area contributed by atoms with E-state index in [0.29, 0.717) is 11.7 Å². The first-order valence-corrected chi connectivity index (χ1v) is 8.08. The minimum atomic E-state index is 0.126. The summed E-state index contributed by atoms with van der Waals surface area (Å²) < 4.78 is 2.03. The van der Waals surface area contributed by atoms with Crippen LogP contribution in [0.5, 0.6) is 0 Å². The number of hydrogen-bond donors (Lipinski definition) is 1. The number of hydrogen-bond acceptors (Lipinski definition) is 5. The number of aromatic nitrogens is 3. The van der Waals surface area contributed by atoms with Gasteiger partial charge in [0.2, 0.25) is 5.91 Å². The standard InChI is InChI=1S/C13H23N5OS/c1-4-17(2)11(19)9-20-13-16-15-12(18(13)3)10-6-5-7-14-8-10/h10,14H,4-9H2,1-3H3/t10-/m0/s1. The van der Waals surface area contributed by atoms with Crippen LogP contribution in [0.1, 0.15) is 31.5 Å². The first-order valence-electron chi connectivity index (χ1n) is 7.10. The smallest absolute Gasteiger partial charge is 0.232 e. The molecule has 7 heteroatoms. The van der Waals surface area contributed by atoms with Crippen LogP contribution in [0.15, 0.2) is 5.16 Å². The van der Waals surface area contributed by atoms with Crippen molar-refractivity contribution in [2.75, 3.05) is 32.4 Å². The van der Waals surface area contributed by atoms with Crippen LogP contribution in [0.25, 0.3) is 0 Å². The summed E-state index contributed by atoms with van der Waals surface area (Å²) in [5.74, 6) is 2.00. The molecular weight excluding hydrogens is 274 g/mol. The maximum Gasteiger partial charge on any atom is 0.232 e. The topological polar surface area (TPSA) is 63.1 Å². The Kier molecular flexibility index (Phi) is 5.42. The van der Waals surface area contributed by atoms with E-state index < -0.39 is 0 Å². The van der Waals surface area contributed by atoms with Gasteiger partial charge in [0.05, 0.1) is 5.75 Å². The third-order valence-corrected chi connectivity index (χ3v) is 4.76. The average molecular weight is 297 g/mol. The molecule has 1 aliphatic heterocycles. The van der Waals surface area contributed by atoms with E-state index in [0.717, 1.165) is 37.0 Å². The number of carbonyl (C=O) groups is 1. The number of thioether (sulfide) groups is 1. The number of nitrogens with zero attached hydrogens (tertiary/aromatic N) is 4. The van der Waals surface area contributed by atoms with Gasteiger partial charge in [-0.2, -0.15) is 0 Å². The highest BCUT2D eigenvalue weighted by Crippen LogP contribution is 2.24. The summed E-state index contributed by atoms with van der Waals surface area (Å²) in [7, 11) is 3.80. The highest BCUT2D eigenvalue weighted by molar-refractivity contribution is 7.99. The van der Waals surface area contributed by atoms with Crippen LogP contribution in [0.2, 0.25) is 0 Å². The van der Waals surface area contributed by atoms with Crippen LogP contribution in [-0.2, 0) is 11.8 Å². The Hall–Kier alpha value is -1.08. The van der Waals surface area contributed by atoms with Gasteiger partial charge < -0.3 is 14.8 Å². The Bertz CT molecular complexity index is 456. The third kappa shape index (κ3) is 3.52. The van der Waals surface area contributed by atoms with Gasteiger partial charge in [-0.25, -0.2) is 0 Å². The summed E-state index contributed by atoms with van der Waals surface area (Å²) in [6.45, 7) is 4.76. The largest absolute Gasteiger partial charge is 0.345 e. The first kappa shape index (κ1) is 15.3. The highest BCUT2D eigenvalue weighted by Gasteiger charge is 2.22. The van der Waals surface area contributed by atoms with E-state index in [-0.39, 0.29) is 5.91 Å². The van der Waals surface area contributed by atoms with Crippen molar-refractivity contribution in [2.24, 2.45) is 7.05 Å². The van der Waals surface area contributed by atoms with Gasteiger partial charge in [-0.1, -0.05) is 11.8 Å². The monoisotopic (exact) mass is 297 g/mol. The van der Waals surface area contributed by atoms with Crippen LogP contribution in [0.3, 0.4) is 0 Å². The molecule has 1 saturated heterocycles. The molecule has 0 aromatic carbocycles. The van der Waals surface area contributed by atoms with Gasteiger partial charge in [0.15, 0.2) is 5.16 Å². The second-order valence-corrected chi connectivity index (χ2v) is 6.08. The fourth-order valence-electron chi connectivity index (χ4n) is 2.29. The van der Waals surface area contributed by atoms with Crippen LogP contribution >= 0.6 is 11.8 Å². The molecule has 112 valence electrons. The Labute approximate surface area is 124 Å². The van der Waals surface area contributed by atoms with Gasteiger partial charge in [0.1, 0.15) is 5.82 Å². The van der Waals surface area contributed by atoms with Gasteiger partial charge in [0, 0.05) is 33.1 Å². The van der Waals surface area contributed by atoms with Crippen LogP contribution in [-0.4, -0.2) is 58.0 Å². The third-order valence-electron chi connectivity index (χ3n) is 3.76. The zero-order valence-corrected chi connectivity index (χ0v) is 13.2. The average Bonchev–Trinajstić information content (AvgIpc) is 2.85. The summed E-state index contributed by atoms with van der Waals surface area (Å²) in [6, 6.07) is 0. The molecule has 1 aromatic heterocycles. The van der Waals surface area contributed by atoms with Crippen molar-refractivity contribution < 1.29 is 4.79 Å². The minimum absolute atomic E-state index is 0.126. The Morgan fingerprint density at radius 1 is 1.55 bits per heavy atom. The fraction of sp³-hybridized carbons (Fsp3) is 0.769. The van der Waals surface area contributed by atoms with Crippen LogP contribution in [0, 0.1) is 0 Å². The molecule has 1 amide bonds. The Morgan fingerprint density at radius 2 is 2.35 bits per heavy atom. The summed E-state index contributed by atoms with van der Waals surface area (Å²) in [6.07, 6.45) is 2.33. The summed E-state index contributed by atoms with van der Waals surface area (Å²) >= 11 is 1.46. The lowest BCUT2D eigenvalue weighted by Gasteiger charge is -2.21. The molecule has 1 aliphatic rings. The van der Waals surface area contributed by atoms with Gasteiger partial charge >= 0.3 is 0 Å². The van der Waals surface area contributed by atoms with Gasteiger partial charge in [0.25, 0.3) is 0 Å². The molecule has 2 heterocycles. The van der Waals surface area contributed by atoms with Gasteiger partial charge in [-0.15, -0.1) is 10.2 Å². The molecule has 0 bridgehead atoms. The predicted molar refractivity (Wildman–Crippen MR) is 79.9 cm³/mol. The normalized spacial score (nSPS) is 19.1. The molecule has 0 spiro atoms. The summed E-state index contributed by atoms with van der Waals surface area (Å²) in [4.78, 5) is 13.5. The van der Waals surface area contributed by atoms with Gasteiger partial charge in [-0.05, 0) is 26.3 Å². The molecule has 2 rings (SSSR count). The van der Waals surface area contributed by atoms with E-state index in [2.05, 4.69) is 15.5 Å². The second kappa shape index (κ2) is 7.08. The zero-order chi connectivity index (χ0) is 14.5. The van der Waals surface area contributed by atoms with Crippen molar-refractivity contribution in [3.63, 3.8) is 0 Å². The van der Waals surface area contributed by atoms with Crippen molar-refractivity contribution in [3.05, 3.63) is 5.82 Å². The minimum Gasteiger partial charge on any atom is -0.345 e. The molecular formula is C13H23N5OS. The molecule has 1 atom stereocenters. The quantitative estimate of drug-likeness (QED) is 0.817. The fourth-order valence-corrected chi connectivity index (χ4v) is 3.15. The highest BCUT2D eigenvalue weighted by atomic mass is 32.2. The molecule has 6 nitrogen and oxygen atoms in total. The zero-order valence-electron chi connectivity index (χ0n) is 12.4. The van der Waals surface area contributed by atoms with Crippen LogP contribution in [0.4, 0.5) is 0 Å². The molecule has 1 aromatic rings.